The van der Waals surface area contributed by atoms with E-state index in [0.29, 0.717) is 0 Å². The summed E-state index contributed by atoms with van der Waals surface area (Å²) in [6, 6.07) is 42.2. The fourth-order valence-corrected chi connectivity index (χ4v) is 7.07. The first-order chi connectivity index (χ1) is 22.2. The third kappa shape index (κ3) is 3.48. The minimum Gasteiger partial charge on any atom is -0.455 e. The molecular formula is C41H24N2O2. The van der Waals surface area contributed by atoms with E-state index in [1.54, 1.807) is 0 Å². The summed E-state index contributed by atoms with van der Waals surface area (Å²) in [6.07, 6.45) is 1.89. The van der Waals surface area contributed by atoms with Crippen LogP contribution in [0.3, 0.4) is 0 Å². The molecule has 3 aromatic heterocycles. The highest BCUT2D eigenvalue weighted by atomic mass is 16.3. The van der Waals surface area contributed by atoms with Gasteiger partial charge in [0.15, 0.2) is 0 Å². The molecule has 7 aromatic carbocycles. The molecule has 10 aromatic rings. The summed E-state index contributed by atoms with van der Waals surface area (Å²) < 4.78 is 13.0. The maximum absolute atomic E-state index is 6.57. The van der Waals surface area contributed by atoms with Gasteiger partial charge >= 0.3 is 0 Å². The molecule has 0 aliphatic heterocycles. The standard InChI is InChI=1S/C41H24N2O2/c1-23-16-18-35-33(20-23)31-17-19-36-37(41(31)44-35)32-15-7-14-26(40(32)45-36)24-8-6-9-25(21-24)34-22-42-38-29-12-4-2-10-27(29)28-11-3-5-13-30(28)39(38)43-34/h2-22H,1H3. The van der Waals surface area contributed by atoms with Gasteiger partial charge in [-0.3, -0.25) is 4.98 Å². The lowest BCUT2D eigenvalue weighted by molar-refractivity contribution is 0.663. The van der Waals surface area contributed by atoms with Gasteiger partial charge in [-0.2, -0.15) is 0 Å². The molecule has 10 rings (SSSR count). The lowest BCUT2D eigenvalue weighted by Gasteiger charge is -2.11. The van der Waals surface area contributed by atoms with E-state index >= 15 is 0 Å². The van der Waals surface area contributed by atoms with Gasteiger partial charge in [-0.15, -0.1) is 0 Å². The molecule has 0 aliphatic carbocycles. The largest absolute Gasteiger partial charge is 0.455 e. The molecule has 0 spiro atoms. The average molecular weight is 577 g/mol. The van der Waals surface area contributed by atoms with Crippen LogP contribution < -0.4 is 0 Å². The topological polar surface area (TPSA) is 52.1 Å². The Kier molecular flexibility index (Phi) is 4.89. The SMILES string of the molecule is Cc1ccc2oc3c(ccc4oc5c(-c6cccc(-c7cnc8c9ccccc9c9ccccc9c8n7)c6)cccc5c43)c2c1. The lowest BCUT2D eigenvalue weighted by atomic mass is 9.98. The third-order valence-corrected chi connectivity index (χ3v) is 9.15. The molecule has 0 saturated carbocycles. The molecular weight excluding hydrogens is 552 g/mol. The Balaban J connectivity index is 1.17. The summed E-state index contributed by atoms with van der Waals surface area (Å²) in [5, 5.41) is 8.88. The number of benzene rings is 7. The fraction of sp³-hybridized carbons (Fsp3) is 0.0244. The van der Waals surface area contributed by atoms with Gasteiger partial charge in [0, 0.05) is 38.1 Å². The monoisotopic (exact) mass is 576 g/mol. The van der Waals surface area contributed by atoms with E-state index in [0.717, 1.165) is 88.1 Å². The van der Waals surface area contributed by atoms with E-state index < -0.39 is 0 Å². The molecule has 4 nitrogen and oxygen atoms in total. The van der Waals surface area contributed by atoms with Crippen molar-refractivity contribution in [2.24, 2.45) is 0 Å². The molecule has 0 N–H and O–H groups in total. The summed E-state index contributed by atoms with van der Waals surface area (Å²) in [5.41, 5.74) is 10.4. The first kappa shape index (κ1) is 24.4. The molecule has 0 amide bonds. The summed E-state index contributed by atoms with van der Waals surface area (Å²) in [5.74, 6) is 0. The van der Waals surface area contributed by atoms with Crippen LogP contribution in [-0.2, 0) is 0 Å². The van der Waals surface area contributed by atoms with E-state index in [1.807, 2.05) is 6.20 Å². The van der Waals surface area contributed by atoms with Crippen LogP contribution in [0.15, 0.2) is 136 Å². The van der Waals surface area contributed by atoms with Crippen molar-refractivity contribution in [1.82, 2.24) is 9.97 Å². The summed E-state index contributed by atoms with van der Waals surface area (Å²) in [6.45, 7) is 2.11. The molecule has 0 saturated heterocycles. The Morgan fingerprint density at radius 2 is 1.18 bits per heavy atom. The van der Waals surface area contributed by atoms with Crippen LogP contribution in [0.2, 0.25) is 0 Å². The second-order valence-corrected chi connectivity index (χ2v) is 11.8. The lowest BCUT2D eigenvalue weighted by Crippen LogP contribution is -1.92. The normalized spacial score (nSPS) is 12.1. The zero-order chi connectivity index (χ0) is 29.6. The maximum Gasteiger partial charge on any atom is 0.147 e. The van der Waals surface area contributed by atoms with Gasteiger partial charge in [-0.1, -0.05) is 96.6 Å². The van der Waals surface area contributed by atoms with Gasteiger partial charge in [-0.25, -0.2) is 4.98 Å². The molecule has 0 unspecified atom stereocenters. The van der Waals surface area contributed by atoms with Gasteiger partial charge in [0.1, 0.15) is 22.3 Å². The van der Waals surface area contributed by atoms with Crippen molar-refractivity contribution in [3.63, 3.8) is 0 Å². The van der Waals surface area contributed by atoms with Crippen LogP contribution in [0.1, 0.15) is 5.56 Å². The van der Waals surface area contributed by atoms with Crippen LogP contribution in [-0.4, -0.2) is 9.97 Å². The van der Waals surface area contributed by atoms with Gasteiger partial charge in [0.05, 0.1) is 28.3 Å². The Hall–Kier alpha value is -6.00. The Morgan fingerprint density at radius 1 is 0.489 bits per heavy atom. The van der Waals surface area contributed by atoms with E-state index in [1.165, 1.54) is 16.3 Å². The number of nitrogens with zero attached hydrogens (tertiary/aromatic N) is 2. The Bertz CT molecular complexity index is 2800. The number of hydrogen-bond acceptors (Lipinski definition) is 4. The molecule has 210 valence electrons. The highest BCUT2D eigenvalue weighted by molar-refractivity contribution is 6.24. The highest BCUT2D eigenvalue weighted by Gasteiger charge is 2.19. The Morgan fingerprint density at radius 3 is 2.02 bits per heavy atom. The average Bonchev–Trinajstić information content (AvgIpc) is 3.66. The summed E-state index contributed by atoms with van der Waals surface area (Å²) in [7, 11) is 0. The quantitative estimate of drug-likeness (QED) is 0.192. The summed E-state index contributed by atoms with van der Waals surface area (Å²) >= 11 is 0. The zero-order valence-corrected chi connectivity index (χ0v) is 24.3. The second kappa shape index (κ2) is 9.01. The predicted molar refractivity (Wildman–Crippen MR) is 185 cm³/mol. The minimum atomic E-state index is 0.816. The van der Waals surface area contributed by atoms with E-state index in [9.17, 15) is 0 Å². The number of para-hydroxylation sites is 1. The number of aryl methyl sites for hydroxylation is 1. The minimum absolute atomic E-state index is 0.816. The number of hydrogen-bond donors (Lipinski definition) is 0. The first-order valence-electron chi connectivity index (χ1n) is 15.2. The maximum atomic E-state index is 6.57. The Labute approximate surface area is 257 Å². The molecule has 0 fully saturated rings. The predicted octanol–water partition coefficient (Wildman–Crippen LogP) is 11.4. The molecule has 3 heterocycles. The molecule has 0 radical (unpaired) electrons. The smallest absolute Gasteiger partial charge is 0.147 e. The summed E-state index contributed by atoms with van der Waals surface area (Å²) in [4.78, 5) is 10.2. The van der Waals surface area contributed by atoms with Crippen molar-refractivity contribution in [3.05, 3.63) is 133 Å². The van der Waals surface area contributed by atoms with E-state index in [2.05, 4.69) is 128 Å². The fourth-order valence-electron chi connectivity index (χ4n) is 7.07. The highest BCUT2D eigenvalue weighted by Crippen LogP contribution is 2.42. The molecule has 0 aliphatic rings. The number of fused-ring (bicyclic) bond motifs is 13. The molecule has 0 atom stereocenters. The number of aromatic nitrogens is 2. The van der Waals surface area contributed by atoms with Gasteiger partial charge < -0.3 is 8.83 Å². The zero-order valence-electron chi connectivity index (χ0n) is 24.3. The van der Waals surface area contributed by atoms with Crippen molar-refractivity contribution >= 4 is 76.5 Å². The van der Waals surface area contributed by atoms with Crippen LogP contribution >= 0.6 is 0 Å². The molecule has 0 bridgehead atoms. The first-order valence-corrected chi connectivity index (χ1v) is 15.2. The molecule has 4 heteroatoms. The van der Waals surface area contributed by atoms with Gasteiger partial charge in [0.25, 0.3) is 0 Å². The van der Waals surface area contributed by atoms with Gasteiger partial charge in [0.2, 0.25) is 0 Å². The van der Waals surface area contributed by atoms with Crippen molar-refractivity contribution in [2.75, 3.05) is 0 Å². The number of furan rings is 2. The van der Waals surface area contributed by atoms with Gasteiger partial charge in [-0.05, 0) is 53.6 Å². The number of rotatable bonds is 2. The van der Waals surface area contributed by atoms with Crippen LogP contribution in [0.4, 0.5) is 0 Å². The van der Waals surface area contributed by atoms with E-state index in [4.69, 9.17) is 18.8 Å². The van der Waals surface area contributed by atoms with Crippen LogP contribution in [0, 0.1) is 6.92 Å². The van der Waals surface area contributed by atoms with Crippen molar-refractivity contribution in [1.29, 1.82) is 0 Å². The third-order valence-electron chi connectivity index (χ3n) is 9.15. The van der Waals surface area contributed by atoms with E-state index in [-0.39, 0.29) is 0 Å². The van der Waals surface area contributed by atoms with Crippen LogP contribution in [0.25, 0.3) is 98.8 Å². The van der Waals surface area contributed by atoms with Crippen molar-refractivity contribution in [3.8, 4) is 22.4 Å². The molecule has 45 heavy (non-hydrogen) atoms. The van der Waals surface area contributed by atoms with Crippen molar-refractivity contribution < 1.29 is 8.83 Å². The van der Waals surface area contributed by atoms with Crippen molar-refractivity contribution in [2.45, 2.75) is 6.92 Å². The van der Waals surface area contributed by atoms with Crippen LogP contribution in [0.5, 0.6) is 0 Å². The second-order valence-electron chi connectivity index (χ2n) is 11.8.